The lowest BCUT2D eigenvalue weighted by Gasteiger charge is -2.25. The molecule has 0 bridgehead atoms. The molecule has 2 N–H and O–H groups in total. The maximum Gasteiger partial charge on any atom is 0.336 e. The highest BCUT2D eigenvalue weighted by atomic mass is 16.4. The van der Waals surface area contributed by atoms with Crippen molar-refractivity contribution >= 4 is 11.9 Å². The Morgan fingerprint density at radius 3 is 1.66 bits per heavy atom. The van der Waals surface area contributed by atoms with E-state index in [-0.39, 0.29) is 11.1 Å². The average molecular weight is 465 g/mol. The van der Waals surface area contributed by atoms with Crippen molar-refractivity contribution < 1.29 is 19.8 Å². The number of hydrogen-bond acceptors (Lipinski definition) is 2. The molecule has 4 aromatic rings. The van der Waals surface area contributed by atoms with E-state index in [1.165, 1.54) is 0 Å². The fourth-order valence-corrected chi connectivity index (χ4v) is 4.83. The number of carboxylic acids is 2. The van der Waals surface area contributed by atoms with Crippen molar-refractivity contribution in [2.45, 2.75) is 33.1 Å². The topological polar surface area (TPSA) is 74.6 Å². The Kier molecular flexibility index (Phi) is 7.11. The van der Waals surface area contributed by atoms with Gasteiger partial charge in [-0.25, -0.2) is 9.59 Å². The van der Waals surface area contributed by atoms with Gasteiger partial charge in [-0.05, 0) is 69.5 Å². The van der Waals surface area contributed by atoms with Crippen LogP contribution in [-0.4, -0.2) is 22.2 Å². The maximum atomic E-state index is 12.3. The van der Waals surface area contributed by atoms with Crippen LogP contribution in [0, 0.1) is 0 Å². The third-order valence-corrected chi connectivity index (χ3v) is 6.31. The van der Waals surface area contributed by atoms with Crippen LogP contribution in [0.25, 0.3) is 33.4 Å². The average Bonchev–Trinajstić information content (AvgIpc) is 2.88. The lowest BCUT2D eigenvalue weighted by Crippen LogP contribution is -2.07. The first-order valence-corrected chi connectivity index (χ1v) is 11.9. The van der Waals surface area contributed by atoms with Gasteiger partial charge in [-0.2, -0.15) is 0 Å². The van der Waals surface area contributed by atoms with Gasteiger partial charge in [-0.1, -0.05) is 93.1 Å². The lowest BCUT2D eigenvalue weighted by atomic mass is 9.78. The molecule has 0 saturated carbocycles. The number of carboxylic acid groups (broad SMARTS) is 2. The molecule has 0 heterocycles. The minimum atomic E-state index is -1.02. The number of rotatable bonds is 8. The standard InChI is InChI=1S/C31H28O4/c1-3-12-22-19-20(4-2)27(21-13-6-5-7-14-21)29(24-16-9-11-18-26(24)31(34)35)28(22)23-15-8-10-17-25(23)30(32)33/h5-11,13-19H,3-4,12H2,1-2H3,(H,32,33)(H,34,35). The van der Waals surface area contributed by atoms with Gasteiger partial charge in [0.1, 0.15) is 0 Å². The van der Waals surface area contributed by atoms with E-state index in [1.54, 1.807) is 24.3 Å². The summed E-state index contributed by atoms with van der Waals surface area (Å²) in [6.45, 7) is 4.18. The second kappa shape index (κ2) is 10.4. The first kappa shape index (κ1) is 24.0. The molecule has 0 amide bonds. The van der Waals surface area contributed by atoms with Crippen molar-refractivity contribution in [3.05, 3.63) is 107 Å². The summed E-state index contributed by atoms with van der Waals surface area (Å²) in [5, 5.41) is 20.1. The summed E-state index contributed by atoms with van der Waals surface area (Å²) in [6.07, 6.45) is 2.37. The minimum Gasteiger partial charge on any atom is -0.478 e. The van der Waals surface area contributed by atoms with Gasteiger partial charge in [-0.3, -0.25) is 0 Å². The van der Waals surface area contributed by atoms with Crippen molar-refractivity contribution in [3.63, 3.8) is 0 Å². The zero-order valence-corrected chi connectivity index (χ0v) is 19.9. The van der Waals surface area contributed by atoms with E-state index >= 15 is 0 Å². The molecule has 4 aromatic carbocycles. The molecule has 0 unspecified atom stereocenters. The minimum absolute atomic E-state index is 0.189. The second-order valence-corrected chi connectivity index (χ2v) is 8.49. The molecule has 0 spiro atoms. The fourth-order valence-electron chi connectivity index (χ4n) is 4.83. The first-order valence-electron chi connectivity index (χ1n) is 11.9. The Bertz CT molecular complexity index is 1390. The summed E-state index contributed by atoms with van der Waals surface area (Å²) in [4.78, 5) is 24.6. The highest BCUT2D eigenvalue weighted by molar-refractivity contribution is 6.07. The molecule has 0 aliphatic rings. The number of hydrogen-bond donors (Lipinski definition) is 2. The summed E-state index contributed by atoms with van der Waals surface area (Å²) < 4.78 is 0. The van der Waals surface area contributed by atoms with Crippen molar-refractivity contribution in [2.75, 3.05) is 0 Å². The third kappa shape index (κ3) is 4.60. The van der Waals surface area contributed by atoms with Crippen LogP contribution in [-0.2, 0) is 12.8 Å². The number of aromatic carboxylic acids is 2. The second-order valence-electron chi connectivity index (χ2n) is 8.49. The molecule has 4 rings (SSSR count). The summed E-state index contributed by atoms with van der Waals surface area (Å²) in [6, 6.07) is 26.1. The Morgan fingerprint density at radius 2 is 1.14 bits per heavy atom. The molecule has 0 fully saturated rings. The summed E-state index contributed by atoms with van der Waals surface area (Å²) in [5.74, 6) is -2.03. The van der Waals surface area contributed by atoms with Crippen LogP contribution in [0.15, 0.2) is 84.9 Å². The molecule has 4 nitrogen and oxygen atoms in total. The summed E-state index contributed by atoms with van der Waals surface area (Å²) in [7, 11) is 0. The monoisotopic (exact) mass is 464 g/mol. The first-order chi connectivity index (χ1) is 17.0. The van der Waals surface area contributed by atoms with Crippen LogP contribution in [0.2, 0.25) is 0 Å². The highest BCUT2D eigenvalue weighted by Gasteiger charge is 2.26. The molecular formula is C31H28O4. The molecule has 4 heteroatoms. The predicted octanol–water partition coefficient (Wildman–Crippen LogP) is 7.60. The normalized spacial score (nSPS) is 10.8. The predicted molar refractivity (Wildman–Crippen MR) is 140 cm³/mol. The molecule has 176 valence electrons. The fraction of sp³-hybridized carbons (Fsp3) is 0.161. The van der Waals surface area contributed by atoms with E-state index in [4.69, 9.17) is 0 Å². The van der Waals surface area contributed by atoms with Gasteiger partial charge in [0.15, 0.2) is 0 Å². The van der Waals surface area contributed by atoms with Crippen LogP contribution < -0.4 is 0 Å². The molecule has 0 radical (unpaired) electrons. The number of aryl methyl sites for hydroxylation is 2. The van der Waals surface area contributed by atoms with Crippen LogP contribution in [0.4, 0.5) is 0 Å². The lowest BCUT2D eigenvalue weighted by molar-refractivity contribution is 0.0686. The number of carbonyl (C=O) groups is 2. The van der Waals surface area contributed by atoms with Crippen LogP contribution >= 0.6 is 0 Å². The van der Waals surface area contributed by atoms with Crippen molar-refractivity contribution in [2.24, 2.45) is 0 Å². The molecular weight excluding hydrogens is 436 g/mol. The van der Waals surface area contributed by atoms with Crippen molar-refractivity contribution in [1.29, 1.82) is 0 Å². The smallest absolute Gasteiger partial charge is 0.336 e. The van der Waals surface area contributed by atoms with Crippen molar-refractivity contribution in [1.82, 2.24) is 0 Å². The van der Waals surface area contributed by atoms with E-state index in [1.807, 2.05) is 54.6 Å². The third-order valence-electron chi connectivity index (χ3n) is 6.31. The number of benzene rings is 4. The summed E-state index contributed by atoms with van der Waals surface area (Å²) in [5.41, 5.74) is 7.16. The molecule has 0 aliphatic carbocycles. The SMILES string of the molecule is CCCc1cc(CC)c(-c2ccccc2)c(-c2ccccc2C(=O)O)c1-c1ccccc1C(=O)O. The van der Waals surface area contributed by atoms with E-state index in [0.29, 0.717) is 11.1 Å². The largest absolute Gasteiger partial charge is 0.478 e. The van der Waals surface area contributed by atoms with E-state index in [9.17, 15) is 19.8 Å². The Morgan fingerprint density at radius 1 is 0.629 bits per heavy atom. The summed E-state index contributed by atoms with van der Waals surface area (Å²) >= 11 is 0. The van der Waals surface area contributed by atoms with Gasteiger partial charge in [0.05, 0.1) is 11.1 Å². The van der Waals surface area contributed by atoms with Crippen LogP contribution in [0.3, 0.4) is 0 Å². The molecule has 0 aliphatic heterocycles. The van der Waals surface area contributed by atoms with Crippen LogP contribution in [0.5, 0.6) is 0 Å². The molecule has 0 aromatic heterocycles. The van der Waals surface area contributed by atoms with Gasteiger partial charge < -0.3 is 10.2 Å². The van der Waals surface area contributed by atoms with Gasteiger partial charge in [-0.15, -0.1) is 0 Å². The van der Waals surface area contributed by atoms with Gasteiger partial charge in [0.2, 0.25) is 0 Å². The zero-order chi connectivity index (χ0) is 24.9. The Labute approximate surface area is 205 Å². The zero-order valence-electron chi connectivity index (χ0n) is 19.9. The quantitative estimate of drug-likeness (QED) is 0.282. The van der Waals surface area contributed by atoms with Crippen LogP contribution in [0.1, 0.15) is 52.1 Å². The highest BCUT2D eigenvalue weighted by Crippen LogP contribution is 2.46. The van der Waals surface area contributed by atoms with E-state index in [2.05, 4.69) is 19.9 Å². The van der Waals surface area contributed by atoms with E-state index in [0.717, 1.165) is 52.6 Å². The Balaban J connectivity index is 2.28. The van der Waals surface area contributed by atoms with Gasteiger partial charge >= 0.3 is 11.9 Å². The Hall–Kier alpha value is -4.18. The molecule has 0 saturated heterocycles. The van der Waals surface area contributed by atoms with Crippen molar-refractivity contribution in [3.8, 4) is 33.4 Å². The molecule has 0 atom stereocenters. The van der Waals surface area contributed by atoms with Gasteiger partial charge in [0, 0.05) is 0 Å². The maximum absolute atomic E-state index is 12.3. The molecule has 35 heavy (non-hydrogen) atoms. The van der Waals surface area contributed by atoms with E-state index < -0.39 is 11.9 Å². The van der Waals surface area contributed by atoms with Gasteiger partial charge in [0.25, 0.3) is 0 Å².